The summed E-state index contributed by atoms with van der Waals surface area (Å²) in [5.74, 6) is -3.67. The van der Waals surface area contributed by atoms with Crippen LogP contribution in [0.4, 0.5) is 22.0 Å². The largest absolute Gasteiger partial charge is 0.206 e. The van der Waals surface area contributed by atoms with E-state index in [1.807, 2.05) is 0 Å². The minimum absolute atomic E-state index is 0.0819. The van der Waals surface area contributed by atoms with Crippen molar-refractivity contribution in [3.8, 4) is 11.1 Å². The molecule has 0 nitrogen and oxygen atoms in total. The fraction of sp³-hybridized carbons (Fsp3) is 0.636. The molecule has 0 aliphatic heterocycles. The molecule has 0 unspecified atom stereocenters. The first kappa shape index (κ1) is 29.1. The van der Waals surface area contributed by atoms with Crippen LogP contribution in [-0.4, -0.2) is 0 Å². The number of unbranched alkanes of at least 4 members (excludes halogenated alkanes) is 3. The highest BCUT2D eigenvalue weighted by atomic mass is 19.2. The third-order valence-corrected chi connectivity index (χ3v) is 9.31. The zero-order valence-electron chi connectivity index (χ0n) is 22.8. The molecule has 0 aromatic heterocycles. The van der Waals surface area contributed by atoms with E-state index in [-0.39, 0.29) is 11.5 Å². The number of benzene rings is 2. The van der Waals surface area contributed by atoms with Crippen molar-refractivity contribution in [2.75, 3.05) is 0 Å². The standard InChI is InChI=1S/C33H43F5/c1-2-3-4-7-22-10-12-23(13-11-22)8-5-6-9-24-14-16-25(17-15-24)26-18-28(34)32(29(35)19-26)27-20-30(36)33(38)31(37)21-27/h18-25H,2-17H2,1H3/t22-,23-,24-,25-. The lowest BCUT2D eigenvalue weighted by molar-refractivity contribution is 0.240. The average Bonchev–Trinajstić information content (AvgIpc) is 2.90. The molecule has 0 atom stereocenters. The minimum Gasteiger partial charge on any atom is -0.206 e. The Morgan fingerprint density at radius 3 is 1.42 bits per heavy atom. The van der Waals surface area contributed by atoms with Crippen LogP contribution >= 0.6 is 0 Å². The predicted octanol–water partition coefficient (Wildman–Crippen LogP) is 11.3. The summed E-state index contributed by atoms with van der Waals surface area (Å²) in [6, 6.07) is 3.82. The fourth-order valence-electron chi connectivity index (χ4n) is 6.95. The van der Waals surface area contributed by atoms with Crippen LogP contribution in [0.2, 0.25) is 0 Å². The summed E-state index contributed by atoms with van der Waals surface area (Å²) >= 11 is 0. The second-order valence-corrected chi connectivity index (χ2v) is 12.0. The molecule has 5 heteroatoms. The summed E-state index contributed by atoms with van der Waals surface area (Å²) in [5.41, 5.74) is -0.271. The smallest absolute Gasteiger partial charge is 0.194 e. The molecule has 38 heavy (non-hydrogen) atoms. The van der Waals surface area contributed by atoms with Crippen molar-refractivity contribution in [1.82, 2.24) is 0 Å². The molecule has 2 aliphatic carbocycles. The third-order valence-electron chi connectivity index (χ3n) is 9.31. The Morgan fingerprint density at radius 2 is 0.974 bits per heavy atom. The Labute approximate surface area is 225 Å². The van der Waals surface area contributed by atoms with Gasteiger partial charge >= 0.3 is 0 Å². The molecule has 2 aromatic rings. The summed E-state index contributed by atoms with van der Waals surface area (Å²) in [7, 11) is 0. The predicted molar refractivity (Wildman–Crippen MR) is 144 cm³/mol. The Balaban J connectivity index is 1.19. The van der Waals surface area contributed by atoms with Crippen molar-refractivity contribution in [2.45, 2.75) is 116 Å². The molecule has 2 saturated carbocycles. The molecule has 0 saturated heterocycles. The lowest BCUT2D eigenvalue weighted by Crippen LogP contribution is -2.15. The van der Waals surface area contributed by atoms with E-state index < -0.39 is 34.6 Å². The van der Waals surface area contributed by atoms with Crippen molar-refractivity contribution < 1.29 is 22.0 Å². The normalized spacial score (nSPS) is 24.1. The van der Waals surface area contributed by atoms with Crippen LogP contribution < -0.4 is 0 Å². The van der Waals surface area contributed by atoms with Crippen molar-refractivity contribution in [2.24, 2.45) is 17.8 Å². The maximum Gasteiger partial charge on any atom is 0.194 e. The Kier molecular flexibility index (Phi) is 10.7. The van der Waals surface area contributed by atoms with E-state index in [0.717, 1.165) is 37.5 Å². The van der Waals surface area contributed by atoms with Gasteiger partial charge in [-0.3, -0.25) is 0 Å². The molecule has 0 bridgehead atoms. The van der Waals surface area contributed by atoms with Gasteiger partial charge in [0, 0.05) is 0 Å². The van der Waals surface area contributed by atoms with Crippen LogP contribution in [-0.2, 0) is 0 Å². The zero-order valence-corrected chi connectivity index (χ0v) is 22.8. The molecular formula is C33H43F5. The summed E-state index contributed by atoms with van der Waals surface area (Å²) in [6.45, 7) is 2.27. The number of hydrogen-bond acceptors (Lipinski definition) is 0. The van der Waals surface area contributed by atoms with Gasteiger partial charge in [-0.05, 0) is 84.7 Å². The number of halogens is 5. The van der Waals surface area contributed by atoms with Gasteiger partial charge < -0.3 is 0 Å². The van der Waals surface area contributed by atoms with Gasteiger partial charge in [0.2, 0.25) is 0 Å². The van der Waals surface area contributed by atoms with E-state index >= 15 is 0 Å². The lowest BCUT2D eigenvalue weighted by atomic mass is 9.76. The van der Waals surface area contributed by atoms with Crippen LogP contribution in [0.15, 0.2) is 24.3 Å². The van der Waals surface area contributed by atoms with Gasteiger partial charge in [-0.2, -0.15) is 0 Å². The second kappa shape index (κ2) is 13.9. The minimum atomic E-state index is -1.65. The molecule has 0 amide bonds. The summed E-state index contributed by atoms with van der Waals surface area (Å²) in [4.78, 5) is 0. The topological polar surface area (TPSA) is 0 Å². The van der Waals surface area contributed by atoms with Crippen LogP contribution in [0, 0.1) is 46.8 Å². The Morgan fingerprint density at radius 1 is 0.553 bits per heavy atom. The van der Waals surface area contributed by atoms with Crippen LogP contribution in [0.25, 0.3) is 11.1 Å². The van der Waals surface area contributed by atoms with Crippen molar-refractivity contribution in [3.05, 3.63) is 58.9 Å². The first-order chi connectivity index (χ1) is 18.4. The van der Waals surface area contributed by atoms with Gasteiger partial charge in [-0.15, -0.1) is 0 Å². The highest BCUT2D eigenvalue weighted by molar-refractivity contribution is 5.65. The first-order valence-electron chi connectivity index (χ1n) is 15.0. The number of rotatable bonds is 11. The van der Waals surface area contributed by atoms with E-state index in [0.29, 0.717) is 23.6 Å². The molecule has 4 rings (SSSR count). The molecule has 2 aliphatic rings. The van der Waals surface area contributed by atoms with Crippen molar-refractivity contribution >= 4 is 0 Å². The third kappa shape index (κ3) is 7.60. The van der Waals surface area contributed by atoms with E-state index in [1.54, 1.807) is 0 Å². The SMILES string of the molecule is CCCCC[C@H]1CC[C@H](CCCC[C@H]2CC[C@H](c3cc(F)c(-c4cc(F)c(F)c(F)c4)c(F)c3)CC2)CC1. The molecule has 2 fully saturated rings. The van der Waals surface area contributed by atoms with Crippen LogP contribution in [0.3, 0.4) is 0 Å². The van der Waals surface area contributed by atoms with Crippen LogP contribution in [0.5, 0.6) is 0 Å². The molecule has 0 radical (unpaired) electrons. The van der Waals surface area contributed by atoms with Gasteiger partial charge in [0.1, 0.15) is 11.6 Å². The van der Waals surface area contributed by atoms with Gasteiger partial charge in [0.15, 0.2) is 17.5 Å². The Bertz CT molecular complexity index is 986. The molecule has 0 heterocycles. The van der Waals surface area contributed by atoms with E-state index in [1.165, 1.54) is 89.2 Å². The van der Waals surface area contributed by atoms with Gasteiger partial charge in [-0.25, -0.2) is 22.0 Å². The maximum atomic E-state index is 14.9. The quantitative estimate of drug-likeness (QED) is 0.153. The monoisotopic (exact) mass is 534 g/mol. The molecule has 0 spiro atoms. The van der Waals surface area contributed by atoms with E-state index in [9.17, 15) is 22.0 Å². The van der Waals surface area contributed by atoms with Gasteiger partial charge in [0.05, 0.1) is 5.56 Å². The Hall–Kier alpha value is -1.91. The summed E-state index contributed by atoms with van der Waals surface area (Å²) in [5, 5.41) is 0. The van der Waals surface area contributed by atoms with Crippen LogP contribution in [0.1, 0.15) is 121 Å². The van der Waals surface area contributed by atoms with Gasteiger partial charge in [-0.1, -0.05) is 84.0 Å². The molecular weight excluding hydrogens is 491 g/mol. The fourth-order valence-corrected chi connectivity index (χ4v) is 6.95. The lowest BCUT2D eigenvalue weighted by Gasteiger charge is -2.30. The van der Waals surface area contributed by atoms with Crippen molar-refractivity contribution in [3.63, 3.8) is 0 Å². The van der Waals surface area contributed by atoms with Crippen molar-refractivity contribution in [1.29, 1.82) is 0 Å². The second-order valence-electron chi connectivity index (χ2n) is 12.0. The van der Waals surface area contributed by atoms with E-state index in [2.05, 4.69) is 6.92 Å². The first-order valence-corrected chi connectivity index (χ1v) is 15.0. The number of hydrogen-bond donors (Lipinski definition) is 0. The maximum absolute atomic E-state index is 14.9. The van der Waals surface area contributed by atoms with E-state index in [4.69, 9.17) is 0 Å². The molecule has 0 N–H and O–H groups in total. The summed E-state index contributed by atoms with van der Waals surface area (Å²) < 4.78 is 70.2. The highest BCUT2D eigenvalue weighted by Gasteiger charge is 2.26. The average molecular weight is 535 g/mol. The van der Waals surface area contributed by atoms with Gasteiger partial charge in [0.25, 0.3) is 0 Å². The highest BCUT2D eigenvalue weighted by Crippen LogP contribution is 2.40. The zero-order chi connectivity index (χ0) is 27.1. The molecule has 2 aromatic carbocycles. The molecule has 210 valence electrons. The summed E-state index contributed by atoms with van der Waals surface area (Å²) in [6.07, 6.45) is 20.3.